The third-order valence-corrected chi connectivity index (χ3v) is 4.64. The molecule has 0 radical (unpaired) electrons. The smallest absolute Gasteiger partial charge is 0.233 e. The number of hydrogen-bond acceptors (Lipinski definition) is 5. The van der Waals surface area contributed by atoms with E-state index in [1.807, 2.05) is 18.7 Å². The number of carbonyl (C=O) groups excluding carboxylic acids is 1. The summed E-state index contributed by atoms with van der Waals surface area (Å²) in [7, 11) is 0. The van der Waals surface area contributed by atoms with E-state index >= 15 is 0 Å². The highest BCUT2D eigenvalue weighted by Crippen LogP contribution is 2.21. The molecule has 1 atom stereocenters. The van der Waals surface area contributed by atoms with Crippen LogP contribution in [0.25, 0.3) is 0 Å². The van der Waals surface area contributed by atoms with Crippen LogP contribution in [0.1, 0.15) is 20.3 Å². The molecule has 0 aromatic rings. The molecule has 110 valence electrons. The van der Waals surface area contributed by atoms with E-state index in [0.29, 0.717) is 13.0 Å². The van der Waals surface area contributed by atoms with Crippen molar-refractivity contribution in [3.05, 3.63) is 0 Å². The van der Waals surface area contributed by atoms with Gasteiger partial charge in [-0.2, -0.15) is 11.8 Å². The summed E-state index contributed by atoms with van der Waals surface area (Å²) in [6, 6.07) is 0. The molecule has 4 N–H and O–H groups in total. The van der Waals surface area contributed by atoms with E-state index in [-0.39, 0.29) is 11.7 Å². The number of thioether (sulfide) groups is 1. The lowest BCUT2D eigenvalue weighted by molar-refractivity contribution is -0.127. The van der Waals surface area contributed by atoms with Crippen LogP contribution in [0, 0.1) is 5.41 Å². The molecule has 1 unspecified atom stereocenters. The van der Waals surface area contributed by atoms with E-state index < -0.39 is 5.41 Å². The molecule has 0 bridgehead atoms. The van der Waals surface area contributed by atoms with Gasteiger partial charge in [-0.25, -0.2) is 0 Å². The summed E-state index contributed by atoms with van der Waals surface area (Å²) < 4.78 is 0. The maximum atomic E-state index is 12.1. The molecule has 0 aliphatic carbocycles. The summed E-state index contributed by atoms with van der Waals surface area (Å²) >= 11 is 1.96. The Balaban J connectivity index is 2.40. The van der Waals surface area contributed by atoms with Crippen molar-refractivity contribution in [3.8, 4) is 0 Å². The average Bonchev–Trinajstić information content (AvgIpc) is 2.46. The molecule has 1 rings (SSSR count). The van der Waals surface area contributed by atoms with E-state index in [9.17, 15) is 4.79 Å². The standard InChI is InChI=1S/C12H24N4O2S/c1-3-12(2,10(13)15-18)11(17)14-4-5-16-6-8-19-9-7-16/h18H,3-9H2,1-2H3,(H2,13,15)(H,14,17). The van der Waals surface area contributed by atoms with Gasteiger partial charge in [0, 0.05) is 37.7 Å². The van der Waals surface area contributed by atoms with Crippen LogP contribution in [0.2, 0.25) is 0 Å². The Morgan fingerprint density at radius 2 is 2.16 bits per heavy atom. The highest BCUT2D eigenvalue weighted by Gasteiger charge is 2.36. The number of rotatable bonds is 6. The molecular weight excluding hydrogens is 264 g/mol. The molecular formula is C12H24N4O2S. The Morgan fingerprint density at radius 1 is 1.53 bits per heavy atom. The molecule has 0 aromatic heterocycles. The summed E-state index contributed by atoms with van der Waals surface area (Å²) in [6.07, 6.45) is 0.495. The topological polar surface area (TPSA) is 91.0 Å². The minimum absolute atomic E-state index is 0.0399. The van der Waals surface area contributed by atoms with Gasteiger partial charge >= 0.3 is 0 Å². The summed E-state index contributed by atoms with van der Waals surface area (Å²) in [6.45, 7) is 7.13. The zero-order valence-corrected chi connectivity index (χ0v) is 12.5. The second kappa shape index (κ2) is 7.59. The van der Waals surface area contributed by atoms with Crippen LogP contribution < -0.4 is 11.1 Å². The molecule has 19 heavy (non-hydrogen) atoms. The van der Waals surface area contributed by atoms with Crippen molar-refractivity contribution >= 4 is 23.5 Å². The minimum atomic E-state index is -0.938. The van der Waals surface area contributed by atoms with E-state index in [4.69, 9.17) is 10.9 Å². The second-order valence-corrected chi connectivity index (χ2v) is 6.11. The summed E-state index contributed by atoms with van der Waals surface area (Å²) in [5.41, 5.74) is 4.67. The first-order valence-corrected chi connectivity index (χ1v) is 7.76. The predicted molar refractivity (Wildman–Crippen MR) is 78.6 cm³/mol. The Kier molecular flexibility index (Phi) is 6.44. The number of carbonyl (C=O) groups is 1. The third-order valence-electron chi connectivity index (χ3n) is 3.70. The molecule has 1 aliphatic heterocycles. The van der Waals surface area contributed by atoms with E-state index in [1.165, 1.54) is 0 Å². The van der Waals surface area contributed by atoms with Crippen LogP contribution in [-0.2, 0) is 4.79 Å². The van der Waals surface area contributed by atoms with Gasteiger partial charge < -0.3 is 16.3 Å². The Bertz CT molecular complexity index is 332. The molecule has 0 aromatic carbocycles. The van der Waals surface area contributed by atoms with Crippen molar-refractivity contribution in [3.63, 3.8) is 0 Å². The van der Waals surface area contributed by atoms with Crippen molar-refractivity contribution in [2.75, 3.05) is 37.7 Å². The lowest BCUT2D eigenvalue weighted by Gasteiger charge is -2.28. The van der Waals surface area contributed by atoms with Crippen molar-refractivity contribution in [2.45, 2.75) is 20.3 Å². The van der Waals surface area contributed by atoms with Gasteiger partial charge in [0.2, 0.25) is 5.91 Å². The number of amides is 1. The first-order valence-electron chi connectivity index (χ1n) is 6.61. The number of nitrogens with two attached hydrogens (primary N) is 1. The van der Waals surface area contributed by atoms with E-state index in [1.54, 1.807) is 6.92 Å². The molecule has 1 aliphatic rings. The third kappa shape index (κ3) is 4.28. The van der Waals surface area contributed by atoms with Crippen LogP contribution in [0.15, 0.2) is 5.16 Å². The highest BCUT2D eigenvalue weighted by atomic mass is 32.2. The normalized spacial score (nSPS) is 20.8. The first-order chi connectivity index (χ1) is 9.04. The zero-order valence-electron chi connectivity index (χ0n) is 11.7. The summed E-state index contributed by atoms with van der Waals surface area (Å²) in [5.74, 6) is 2.09. The van der Waals surface area contributed by atoms with Gasteiger partial charge in [0.05, 0.1) is 0 Å². The van der Waals surface area contributed by atoms with Crippen molar-refractivity contribution < 1.29 is 10.0 Å². The van der Waals surface area contributed by atoms with Crippen molar-refractivity contribution in [2.24, 2.45) is 16.3 Å². The zero-order chi connectivity index (χ0) is 14.3. The Hall–Kier alpha value is -0.950. The van der Waals surface area contributed by atoms with E-state index in [2.05, 4.69) is 15.4 Å². The molecule has 1 saturated heterocycles. The second-order valence-electron chi connectivity index (χ2n) is 4.88. The van der Waals surface area contributed by atoms with Crippen LogP contribution in [0.4, 0.5) is 0 Å². The predicted octanol–water partition coefficient (Wildman–Crippen LogP) is 0.314. The van der Waals surface area contributed by atoms with Gasteiger partial charge in [-0.15, -0.1) is 0 Å². The number of hydrogen-bond donors (Lipinski definition) is 3. The fraction of sp³-hybridized carbons (Fsp3) is 0.833. The number of oxime groups is 1. The van der Waals surface area contributed by atoms with Gasteiger partial charge in [-0.05, 0) is 13.3 Å². The largest absolute Gasteiger partial charge is 0.409 e. The maximum Gasteiger partial charge on any atom is 0.233 e. The van der Waals surface area contributed by atoms with Crippen LogP contribution in [0.3, 0.4) is 0 Å². The first kappa shape index (κ1) is 16.1. The van der Waals surface area contributed by atoms with Crippen molar-refractivity contribution in [1.82, 2.24) is 10.2 Å². The Labute approximate surface area is 118 Å². The lowest BCUT2D eigenvalue weighted by atomic mass is 9.85. The van der Waals surface area contributed by atoms with Crippen molar-refractivity contribution in [1.29, 1.82) is 0 Å². The monoisotopic (exact) mass is 288 g/mol. The maximum absolute atomic E-state index is 12.1. The molecule has 1 fully saturated rings. The SMILES string of the molecule is CCC(C)(C(=O)NCCN1CCSCC1)C(N)=NO. The number of nitrogens with one attached hydrogen (secondary N) is 1. The Morgan fingerprint density at radius 3 is 2.68 bits per heavy atom. The average molecular weight is 288 g/mol. The number of amidine groups is 1. The van der Waals surface area contributed by atoms with Crippen LogP contribution >= 0.6 is 11.8 Å². The fourth-order valence-corrected chi connectivity index (χ4v) is 2.89. The van der Waals surface area contributed by atoms with Gasteiger partial charge in [-0.3, -0.25) is 9.69 Å². The lowest BCUT2D eigenvalue weighted by Crippen LogP contribution is -2.49. The number of nitrogens with zero attached hydrogens (tertiary/aromatic N) is 2. The quantitative estimate of drug-likeness (QED) is 0.283. The summed E-state index contributed by atoms with van der Waals surface area (Å²) in [4.78, 5) is 14.5. The highest BCUT2D eigenvalue weighted by molar-refractivity contribution is 7.99. The van der Waals surface area contributed by atoms with E-state index in [0.717, 1.165) is 31.1 Å². The van der Waals surface area contributed by atoms with Crippen LogP contribution in [-0.4, -0.2) is 59.5 Å². The van der Waals surface area contributed by atoms with Gasteiger partial charge in [-0.1, -0.05) is 12.1 Å². The summed E-state index contributed by atoms with van der Waals surface area (Å²) in [5, 5.41) is 14.6. The molecule has 0 spiro atoms. The molecule has 6 nitrogen and oxygen atoms in total. The molecule has 1 heterocycles. The van der Waals surface area contributed by atoms with Gasteiger partial charge in [0.25, 0.3) is 0 Å². The van der Waals surface area contributed by atoms with Crippen LogP contribution in [0.5, 0.6) is 0 Å². The molecule has 7 heteroatoms. The minimum Gasteiger partial charge on any atom is -0.409 e. The van der Waals surface area contributed by atoms with Gasteiger partial charge in [0.15, 0.2) is 5.84 Å². The fourth-order valence-electron chi connectivity index (χ4n) is 1.92. The van der Waals surface area contributed by atoms with Gasteiger partial charge in [0.1, 0.15) is 5.41 Å². The molecule has 1 amide bonds. The molecule has 0 saturated carbocycles.